The number of nitro benzene ring substituents is 8. The number of benzene rings is 8. The van der Waals surface area contributed by atoms with E-state index in [1.54, 1.807) is 0 Å². The van der Waals surface area contributed by atoms with Gasteiger partial charge in [0, 0.05) is 97.1 Å². The van der Waals surface area contributed by atoms with E-state index >= 15 is 0 Å². The summed E-state index contributed by atoms with van der Waals surface area (Å²) < 4.78 is 29.7. The van der Waals surface area contributed by atoms with Crippen molar-refractivity contribution in [3.05, 3.63) is 271 Å². The molecule has 3 aliphatic heterocycles. The Morgan fingerprint density at radius 1 is 0.207 bits per heavy atom. The number of ether oxygens (including phenoxy) is 6. The molecule has 0 N–H and O–H groups in total. The van der Waals surface area contributed by atoms with Gasteiger partial charge in [-0.05, 0) is 138 Å². The molecule has 468 valence electrons. The van der Waals surface area contributed by atoms with Gasteiger partial charge >= 0.3 is 0 Å². The number of nitrogens with zero attached hydrogens (tertiary/aromatic N) is 8. The molecule has 30 heteroatoms. The fraction of sp³-hybridized carbons (Fsp3) is 0.226. The first kappa shape index (κ1) is 62.3. The third kappa shape index (κ3) is 11.1. The highest BCUT2D eigenvalue weighted by atomic mass is 16.7. The number of hydrogen-bond donors (Lipinski definition) is 0. The van der Waals surface area contributed by atoms with Crippen LogP contribution in [-0.2, 0) is 39.3 Å². The van der Waals surface area contributed by atoms with Crippen molar-refractivity contribution in [2.24, 2.45) is 0 Å². The quantitative estimate of drug-likeness (QED) is 0.101. The summed E-state index contributed by atoms with van der Waals surface area (Å²) in [4.78, 5) is 89.2. The Labute approximate surface area is 517 Å². The van der Waals surface area contributed by atoms with E-state index in [-0.39, 0.29) is 45.5 Å². The number of nitro groups is 8. The van der Waals surface area contributed by atoms with Crippen LogP contribution in [0.5, 0.6) is 0 Å². The van der Waals surface area contributed by atoms with Crippen LogP contribution in [0, 0.1) is 80.9 Å². The lowest BCUT2D eigenvalue weighted by Gasteiger charge is -2.29. The van der Waals surface area contributed by atoms with E-state index in [1.165, 1.54) is 146 Å². The molecule has 0 radical (unpaired) electrons. The fourth-order valence-corrected chi connectivity index (χ4v) is 12.6. The van der Waals surface area contributed by atoms with E-state index in [4.69, 9.17) is 28.4 Å². The van der Waals surface area contributed by atoms with Gasteiger partial charge in [-0.2, -0.15) is 0 Å². The highest BCUT2D eigenvalue weighted by Gasteiger charge is 2.56. The molecule has 3 heterocycles. The summed E-state index contributed by atoms with van der Waals surface area (Å²) >= 11 is 0. The molecule has 30 nitrogen and oxygen atoms in total. The maximum Gasteiger partial charge on any atom is 0.269 e. The molecule has 8 aromatic carbocycles. The lowest BCUT2D eigenvalue weighted by molar-refractivity contribution is -0.385. The molecule has 0 aromatic heterocycles. The number of non-ortho nitro benzene ring substituents is 8. The van der Waals surface area contributed by atoms with Crippen LogP contribution in [0.4, 0.5) is 45.5 Å². The molecular weight excluding hydrogens is 1210 g/mol. The standard InChI is InChI=1S/2C25H12N4O8.3C4H8O2/c2*30-26(31)13-1-5-17-18-6-2-14(27(32)33)10-22(18)25(21(17)9-13)23-11-15(28(34)35)3-7-19(23)20-8-4-16(29(36)37)12-24(20)25;3*1-2-6-4-3-5-1/h2*1-12H;3*1-4H2. The lowest BCUT2D eigenvalue weighted by atomic mass is 9.70. The lowest BCUT2D eigenvalue weighted by Crippen LogP contribution is -2.26. The van der Waals surface area contributed by atoms with Crippen LogP contribution in [0.15, 0.2) is 146 Å². The topological polar surface area (TPSA) is 400 Å². The van der Waals surface area contributed by atoms with Crippen molar-refractivity contribution in [1.82, 2.24) is 0 Å². The van der Waals surface area contributed by atoms with Gasteiger partial charge in [-0.1, -0.05) is 0 Å². The first-order chi connectivity index (χ1) is 44.3. The van der Waals surface area contributed by atoms with Crippen molar-refractivity contribution in [3.63, 3.8) is 0 Å². The summed E-state index contributed by atoms with van der Waals surface area (Å²) in [6, 6.07) is 33.3. The highest BCUT2D eigenvalue weighted by Crippen LogP contribution is 2.66. The Bertz CT molecular complexity index is 3550. The van der Waals surface area contributed by atoms with Gasteiger partial charge in [-0.15, -0.1) is 0 Å². The second-order valence-corrected chi connectivity index (χ2v) is 21.1. The van der Waals surface area contributed by atoms with Gasteiger partial charge in [0.05, 0.1) is 129 Å². The molecule has 3 fully saturated rings. The second-order valence-electron chi connectivity index (χ2n) is 21.1. The molecule has 92 heavy (non-hydrogen) atoms. The molecule has 7 aliphatic rings. The van der Waals surface area contributed by atoms with Crippen LogP contribution in [0.25, 0.3) is 44.5 Å². The minimum atomic E-state index is -1.49. The molecule has 4 aliphatic carbocycles. The maximum atomic E-state index is 11.7. The van der Waals surface area contributed by atoms with Gasteiger partial charge in [0.2, 0.25) is 0 Å². The summed E-state index contributed by atoms with van der Waals surface area (Å²) in [7, 11) is 0. The molecule has 0 bridgehead atoms. The Kier molecular flexibility index (Phi) is 17.4. The predicted molar refractivity (Wildman–Crippen MR) is 324 cm³/mol. The zero-order valence-corrected chi connectivity index (χ0v) is 47.9. The molecular formula is C62H48N8O22. The second kappa shape index (κ2) is 25.7. The Morgan fingerprint density at radius 2 is 0.315 bits per heavy atom. The fourth-order valence-electron chi connectivity index (χ4n) is 12.6. The average molecular weight is 1260 g/mol. The van der Waals surface area contributed by atoms with Gasteiger partial charge in [0.15, 0.2) is 0 Å². The van der Waals surface area contributed by atoms with Crippen molar-refractivity contribution in [2.45, 2.75) is 10.8 Å². The van der Waals surface area contributed by atoms with Crippen LogP contribution < -0.4 is 0 Å². The Hall–Kier alpha value is -11.3. The summed E-state index contributed by atoms with van der Waals surface area (Å²) in [6.45, 7) is 9.33. The van der Waals surface area contributed by atoms with Crippen molar-refractivity contribution in [2.75, 3.05) is 79.3 Å². The normalized spacial score (nSPS) is 15.5. The van der Waals surface area contributed by atoms with Crippen LogP contribution in [-0.4, -0.2) is 119 Å². The van der Waals surface area contributed by atoms with Crippen molar-refractivity contribution in [1.29, 1.82) is 0 Å². The van der Waals surface area contributed by atoms with E-state index < -0.39 is 50.2 Å². The van der Waals surface area contributed by atoms with Crippen LogP contribution >= 0.6 is 0 Å². The first-order valence-corrected chi connectivity index (χ1v) is 28.1. The van der Waals surface area contributed by atoms with Crippen LogP contribution in [0.3, 0.4) is 0 Å². The monoisotopic (exact) mass is 1260 g/mol. The SMILES string of the molecule is C1COCCO1.C1COCCO1.C1COCCO1.O=[N+]([O-])c1ccc2c(c1)C1(c3cc([N+](=O)[O-])ccc3-2)c2cc([N+](=O)[O-])ccc2-c2ccc([N+](=O)[O-])cc21.O=[N+]([O-])c1ccc2c(c1)C1(c3cc([N+](=O)[O-])ccc3-2)c2cc([N+](=O)[O-])ccc2-c2ccc([N+](=O)[O-])cc21. The van der Waals surface area contributed by atoms with Crippen molar-refractivity contribution in [3.8, 4) is 44.5 Å². The van der Waals surface area contributed by atoms with Gasteiger partial charge in [-0.3, -0.25) is 80.9 Å². The van der Waals surface area contributed by atoms with Crippen molar-refractivity contribution >= 4 is 45.5 Å². The summed E-state index contributed by atoms with van der Waals surface area (Å²) in [5.41, 5.74) is 2.10. The number of rotatable bonds is 8. The molecule has 15 rings (SSSR count). The van der Waals surface area contributed by atoms with E-state index in [0.29, 0.717) is 89.0 Å². The van der Waals surface area contributed by atoms with E-state index in [2.05, 4.69) is 0 Å². The molecule has 0 saturated carbocycles. The molecule has 2 spiro atoms. The minimum Gasteiger partial charge on any atom is -0.377 e. The third-order valence-electron chi connectivity index (χ3n) is 16.3. The molecule has 3 saturated heterocycles. The van der Waals surface area contributed by atoms with Gasteiger partial charge in [0.25, 0.3) is 45.5 Å². The summed E-state index contributed by atoms with van der Waals surface area (Å²) in [6.07, 6.45) is 0. The summed E-state index contributed by atoms with van der Waals surface area (Å²) in [5.74, 6) is 0. The zero-order valence-electron chi connectivity index (χ0n) is 47.9. The molecule has 0 unspecified atom stereocenters. The van der Waals surface area contributed by atoms with E-state index in [0.717, 1.165) is 79.3 Å². The minimum absolute atomic E-state index is 0.258. The largest absolute Gasteiger partial charge is 0.377 e. The first-order valence-electron chi connectivity index (χ1n) is 28.1. The number of hydrogen-bond acceptors (Lipinski definition) is 22. The molecule has 8 aromatic rings. The summed E-state index contributed by atoms with van der Waals surface area (Å²) in [5, 5.41) is 93.9. The predicted octanol–water partition coefficient (Wildman–Crippen LogP) is 11.4. The van der Waals surface area contributed by atoms with E-state index in [9.17, 15) is 80.9 Å². The molecule has 0 atom stereocenters. The van der Waals surface area contributed by atoms with Gasteiger partial charge in [0.1, 0.15) is 0 Å². The van der Waals surface area contributed by atoms with Crippen LogP contribution in [0.1, 0.15) is 44.5 Å². The van der Waals surface area contributed by atoms with E-state index in [1.807, 2.05) is 0 Å². The molecule has 0 amide bonds. The smallest absolute Gasteiger partial charge is 0.269 e. The van der Waals surface area contributed by atoms with Crippen LogP contribution in [0.2, 0.25) is 0 Å². The Balaban J connectivity index is 0.000000148. The van der Waals surface area contributed by atoms with Crippen molar-refractivity contribution < 1.29 is 67.8 Å². The van der Waals surface area contributed by atoms with Gasteiger partial charge in [-0.25, -0.2) is 0 Å². The highest BCUT2D eigenvalue weighted by molar-refractivity contribution is 5.98. The average Bonchev–Trinajstić information content (AvgIpc) is 1.52. The zero-order chi connectivity index (χ0) is 65.2. The third-order valence-corrected chi connectivity index (χ3v) is 16.3. The Morgan fingerprint density at radius 3 is 0.402 bits per heavy atom. The maximum absolute atomic E-state index is 11.7. The number of fused-ring (bicyclic) bond motifs is 20. The van der Waals surface area contributed by atoms with Gasteiger partial charge < -0.3 is 28.4 Å².